The van der Waals surface area contributed by atoms with E-state index in [1.165, 1.54) is 4.90 Å². The normalized spacial score (nSPS) is 22.6. The Hall–Kier alpha value is -1.59. The molecule has 108 valence electrons. The van der Waals surface area contributed by atoms with E-state index in [2.05, 4.69) is 0 Å². The second-order valence-electron chi connectivity index (χ2n) is 4.84. The van der Waals surface area contributed by atoms with Gasteiger partial charge in [0, 0.05) is 11.6 Å². The maximum absolute atomic E-state index is 12.3. The van der Waals surface area contributed by atoms with Gasteiger partial charge in [-0.15, -0.1) is 0 Å². The van der Waals surface area contributed by atoms with Gasteiger partial charge in [0.15, 0.2) is 6.10 Å². The summed E-state index contributed by atoms with van der Waals surface area (Å²) in [5, 5.41) is 9.54. The highest BCUT2D eigenvalue weighted by Crippen LogP contribution is 2.18. The molecule has 1 aliphatic rings. The van der Waals surface area contributed by atoms with Gasteiger partial charge in [-0.3, -0.25) is 4.79 Å². The smallest absolute Gasteiger partial charge is 0.334 e. The van der Waals surface area contributed by atoms with Gasteiger partial charge in [-0.2, -0.15) is 0 Å². The fourth-order valence-corrected chi connectivity index (χ4v) is 2.41. The van der Waals surface area contributed by atoms with E-state index < -0.39 is 12.1 Å². The van der Waals surface area contributed by atoms with Crippen LogP contribution in [-0.2, 0) is 20.7 Å². The van der Waals surface area contributed by atoms with Crippen LogP contribution in [0.25, 0.3) is 0 Å². The van der Waals surface area contributed by atoms with Crippen LogP contribution in [0.3, 0.4) is 0 Å². The Morgan fingerprint density at radius 1 is 1.40 bits per heavy atom. The van der Waals surface area contributed by atoms with Crippen molar-refractivity contribution in [2.75, 3.05) is 13.1 Å². The van der Waals surface area contributed by atoms with Crippen LogP contribution < -0.4 is 0 Å². The maximum Gasteiger partial charge on any atom is 0.334 e. The van der Waals surface area contributed by atoms with E-state index in [0.29, 0.717) is 11.6 Å². The molecule has 1 aromatic carbocycles. The molecule has 0 spiro atoms. The number of halogens is 1. The number of hydrogen-bond donors (Lipinski definition) is 1. The number of rotatable bonds is 3. The number of nitrogens with zero attached hydrogens (tertiary/aromatic N) is 1. The summed E-state index contributed by atoms with van der Waals surface area (Å²) in [7, 11) is 0. The highest BCUT2D eigenvalue weighted by molar-refractivity contribution is 6.31. The number of carbonyl (C=O) groups excluding carboxylic acids is 1. The van der Waals surface area contributed by atoms with Crippen molar-refractivity contribution in [3.8, 4) is 0 Å². The monoisotopic (exact) mass is 297 g/mol. The molecule has 0 aromatic heterocycles. The molecule has 1 saturated heterocycles. The summed E-state index contributed by atoms with van der Waals surface area (Å²) >= 11 is 6.03. The number of carboxylic acid groups (broad SMARTS) is 1. The highest BCUT2D eigenvalue weighted by atomic mass is 35.5. The summed E-state index contributed by atoms with van der Waals surface area (Å²) in [5.41, 5.74) is 0.741. The first-order valence-corrected chi connectivity index (χ1v) is 6.74. The number of aliphatic carboxylic acids is 1. The Balaban J connectivity index is 2.05. The first-order valence-electron chi connectivity index (χ1n) is 6.37. The lowest BCUT2D eigenvalue weighted by Gasteiger charge is -2.35. The lowest BCUT2D eigenvalue weighted by Crippen LogP contribution is -2.52. The molecule has 2 rings (SSSR count). The lowest BCUT2D eigenvalue weighted by molar-refractivity contribution is -0.166. The van der Waals surface area contributed by atoms with Crippen LogP contribution in [0.2, 0.25) is 5.02 Å². The van der Waals surface area contributed by atoms with Crippen molar-refractivity contribution in [1.29, 1.82) is 0 Å². The second kappa shape index (κ2) is 6.24. The predicted molar refractivity (Wildman–Crippen MR) is 73.7 cm³/mol. The van der Waals surface area contributed by atoms with Gasteiger partial charge in [-0.05, 0) is 18.6 Å². The van der Waals surface area contributed by atoms with Crippen molar-refractivity contribution in [1.82, 2.24) is 4.90 Å². The van der Waals surface area contributed by atoms with Gasteiger partial charge in [0.1, 0.15) is 0 Å². The second-order valence-corrected chi connectivity index (χ2v) is 5.25. The first-order chi connectivity index (χ1) is 9.47. The molecule has 6 heteroatoms. The van der Waals surface area contributed by atoms with E-state index in [4.69, 9.17) is 21.4 Å². The van der Waals surface area contributed by atoms with Crippen LogP contribution in [0.1, 0.15) is 12.5 Å². The summed E-state index contributed by atoms with van der Waals surface area (Å²) in [4.78, 5) is 24.8. The molecule has 20 heavy (non-hydrogen) atoms. The lowest BCUT2D eigenvalue weighted by atomic mass is 10.1. The molecular formula is C14H16ClNO4. The van der Waals surface area contributed by atoms with Crippen LogP contribution in [0.4, 0.5) is 0 Å². The summed E-state index contributed by atoms with van der Waals surface area (Å²) in [6.45, 7) is 2.22. The molecule has 1 N–H and O–H groups in total. The number of amides is 1. The highest BCUT2D eigenvalue weighted by Gasteiger charge is 2.32. The molecular weight excluding hydrogens is 282 g/mol. The Labute approximate surface area is 122 Å². The zero-order valence-corrected chi connectivity index (χ0v) is 11.8. The summed E-state index contributed by atoms with van der Waals surface area (Å²) in [6, 6.07) is 7.13. The quantitative estimate of drug-likeness (QED) is 0.920. The topological polar surface area (TPSA) is 66.8 Å². The number of benzene rings is 1. The van der Waals surface area contributed by atoms with Crippen LogP contribution in [-0.4, -0.2) is 47.2 Å². The predicted octanol–water partition coefficient (Wildman–Crippen LogP) is 1.58. The number of ether oxygens (including phenoxy) is 1. The Morgan fingerprint density at radius 2 is 2.10 bits per heavy atom. The minimum absolute atomic E-state index is 0.0724. The number of morpholine rings is 1. The van der Waals surface area contributed by atoms with Gasteiger partial charge >= 0.3 is 5.97 Å². The molecule has 0 radical (unpaired) electrons. The van der Waals surface area contributed by atoms with Crippen molar-refractivity contribution < 1.29 is 19.4 Å². The summed E-state index contributed by atoms with van der Waals surface area (Å²) < 4.78 is 5.28. The van der Waals surface area contributed by atoms with Crippen molar-refractivity contribution in [2.45, 2.75) is 25.6 Å². The molecule has 1 aliphatic heterocycles. The van der Waals surface area contributed by atoms with Crippen molar-refractivity contribution in [3.05, 3.63) is 34.9 Å². The molecule has 2 atom stereocenters. The Morgan fingerprint density at radius 3 is 2.75 bits per heavy atom. The van der Waals surface area contributed by atoms with E-state index >= 15 is 0 Å². The molecule has 5 nitrogen and oxygen atoms in total. The third-order valence-corrected chi connectivity index (χ3v) is 3.56. The van der Waals surface area contributed by atoms with Crippen molar-refractivity contribution in [2.24, 2.45) is 0 Å². The van der Waals surface area contributed by atoms with E-state index in [1.807, 2.05) is 6.07 Å². The Kier molecular flexibility index (Phi) is 4.62. The zero-order chi connectivity index (χ0) is 14.7. The van der Waals surface area contributed by atoms with Gasteiger partial charge in [-0.25, -0.2) is 4.79 Å². The summed E-state index contributed by atoms with van der Waals surface area (Å²) in [6.07, 6.45) is -1.09. The molecule has 1 heterocycles. The van der Waals surface area contributed by atoms with Crippen molar-refractivity contribution >= 4 is 23.5 Å². The van der Waals surface area contributed by atoms with E-state index in [0.717, 1.165) is 5.56 Å². The Bertz CT molecular complexity index is 520. The first kappa shape index (κ1) is 14.8. The molecule has 0 bridgehead atoms. The molecule has 0 aliphatic carbocycles. The average molecular weight is 298 g/mol. The molecule has 1 unspecified atom stereocenters. The van der Waals surface area contributed by atoms with Crippen LogP contribution in [0.15, 0.2) is 24.3 Å². The largest absolute Gasteiger partial charge is 0.479 e. The van der Waals surface area contributed by atoms with Crippen LogP contribution in [0, 0.1) is 0 Å². The standard InChI is InChI=1S/C14H16ClNO4/c1-9-7-16(8-12(20-9)14(18)19)13(17)6-10-4-2-3-5-11(10)15/h2-5,9,12H,6-8H2,1H3,(H,18,19)/t9-,12?/m1/s1. The third-order valence-electron chi connectivity index (χ3n) is 3.19. The molecule has 1 amide bonds. The van der Waals surface area contributed by atoms with Gasteiger partial charge in [0.2, 0.25) is 5.91 Å². The fourth-order valence-electron chi connectivity index (χ4n) is 2.21. The van der Waals surface area contributed by atoms with Gasteiger partial charge in [0.25, 0.3) is 0 Å². The SMILES string of the molecule is C[C@@H]1CN(C(=O)Cc2ccccc2Cl)CC(C(=O)O)O1. The van der Waals surface area contributed by atoms with Crippen LogP contribution >= 0.6 is 11.6 Å². The minimum Gasteiger partial charge on any atom is -0.479 e. The van der Waals surface area contributed by atoms with E-state index in [-0.39, 0.29) is 25.0 Å². The number of carboxylic acids is 1. The van der Waals surface area contributed by atoms with Crippen LogP contribution in [0.5, 0.6) is 0 Å². The van der Waals surface area contributed by atoms with E-state index in [9.17, 15) is 9.59 Å². The molecule has 0 saturated carbocycles. The van der Waals surface area contributed by atoms with Gasteiger partial charge in [-0.1, -0.05) is 29.8 Å². The van der Waals surface area contributed by atoms with Gasteiger partial charge < -0.3 is 14.7 Å². The average Bonchev–Trinajstić information content (AvgIpc) is 2.40. The third kappa shape index (κ3) is 3.49. The van der Waals surface area contributed by atoms with Crippen molar-refractivity contribution in [3.63, 3.8) is 0 Å². The maximum atomic E-state index is 12.3. The number of hydrogen-bond acceptors (Lipinski definition) is 3. The fraction of sp³-hybridized carbons (Fsp3) is 0.429. The molecule has 1 fully saturated rings. The van der Waals surface area contributed by atoms with Gasteiger partial charge in [0.05, 0.1) is 19.1 Å². The van der Waals surface area contributed by atoms with E-state index in [1.54, 1.807) is 25.1 Å². The summed E-state index contributed by atoms with van der Waals surface area (Å²) in [5.74, 6) is -1.19. The number of carbonyl (C=O) groups is 2. The minimum atomic E-state index is -1.05. The molecule has 1 aromatic rings. The zero-order valence-electron chi connectivity index (χ0n) is 11.1.